The van der Waals surface area contributed by atoms with Crippen molar-refractivity contribution in [2.75, 3.05) is 26.7 Å². The lowest BCUT2D eigenvalue weighted by atomic mass is 10.1. The molecule has 122 valence electrons. The van der Waals surface area contributed by atoms with E-state index >= 15 is 0 Å². The van der Waals surface area contributed by atoms with Crippen molar-refractivity contribution in [1.29, 1.82) is 0 Å². The van der Waals surface area contributed by atoms with Crippen LogP contribution < -0.4 is 5.73 Å². The van der Waals surface area contributed by atoms with E-state index in [4.69, 9.17) is 5.73 Å². The highest BCUT2D eigenvalue weighted by Crippen LogP contribution is 2.11. The van der Waals surface area contributed by atoms with Gasteiger partial charge in [0, 0.05) is 32.7 Å². The first kappa shape index (κ1) is 20.3. The van der Waals surface area contributed by atoms with Gasteiger partial charge in [-0.15, -0.1) is 12.4 Å². The summed E-state index contributed by atoms with van der Waals surface area (Å²) in [4.78, 5) is 0. The molecule has 1 rings (SSSR count). The van der Waals surface area contributed by atoms with Gasteiger partial charge in [-0.05, 0) is 25.8 Å². The lowest BCUT2D eigenvalue weighted by Gasteiger charge is -2.29. The average Bonchev–Trinajstić information content (AvgIpc) is 2.43. The first-order valence-electron chi connectivity index (χ1n) is 6.86. The number of halogens is 1. The largest absolute Gasteiger partial charge is 0.329 e. The van der Waals surface area contributed by atoms with E-state index in [1.807, 2.05) is 44.2 Å². The third-order valence-corrected chi connectivity index (χ3v) is 5.46. The predicted octanol–water partition coefficient (Wildman–Crippen LogP) is 1.50. The highest BCUT2D eigenvalue weighted by atomic mass is 35.5. The smallest absolute Gasteiger partial charge is 0.282 e. The predicted molar refractivity (Wildman–Crippen MR) is 89.8 cm³/mol. The van der Waals surface area contributed by atoms with Gasteiger partial charge in [-0.1, -0.05) is 30.3 Å². The van der Waals surface area contributed by atoms with Gasteiger partial charge in [0.25, 0.3) is 10.2 Å². The maximum atomic E-state index is 12.5. The maximum Gasteiger partial charge on any atom is 0.282 e. The summed E-state index contributed by atoms with van der Waals surface area (Å²) in [5, 5.41) is 0. The lowest BCUT2D eigenvalue weighted by Crippen LogP contribution is -2.47. The molecule has 1 aromatic rings. The van der Waals surface area contributed by atoms with Gasteiger partial charge >= 0.3 is 0 Å². The lowest BCUT2D eigenvalue weighted by molar-refractivity contribution is 0.338. The summed E-state index contributed by atoms with van der Waals surface area (Å²) >= 11 is 0. The Morgan fingerprint density at radius 1 is 1.14 bits per heavy atom. The molecule has 0 aliphatic carbocycles. The van der Waals surface area contributed by atoms with Crippen molar-refractivity contribution in [3.63, 3.8) is 0 Å². The number of benzene rings is 1. The van der Waals surface area contributed by atoms with Gasteiger partial charge in [-0.3, -0.25) is 0 Å². The Morgan fingerprint density at radius 2 is 1.71 bits per heavy atom. The van der Waals surface area contributed by atoms with E-state index in [9.17, 15) is 8.42 Å². The third kappa shape index (κ3) is 5.92. The molecule has 0 spiro atoms. The van der Waals surface area contributed by atoms with Crippen molar-refractivity contribution in [3.05, 3.63) is 35.9 Å². The fourth-order valence-corrected chi connectivity index (χ4v) is 3.39. The van der Waals surface area contributed by atoms with Crippen LogP contribution in [0.4, 0.5) is 0 Å². The Labute approximate surface area is 134 Å². The van der Waals surface area contributed by atoms with Crippen LogP contribution >= 0.6 is 12.4 Å². The summed E-state index contributed by atoms with van der Waals surface area (Å²) in [5.41, 5.74) is 6.67. The molecule has 0 aliphatic rings. The molecule has 0 saturated heterocycles. The molecule has 0 amide bonds. The third-order valence-electron chi connectivity index (χ3n) is 3.29. The van der Waals surface area contributed by atoms with Crippen LogP contribution in [-0.4, -0.2) is 49.8 Å². The SMILES string of the molecule is CC(C)N(C)S(=O)(=O)N(CCN)CCc1ccccc1.Cl. The number of rotatable bonds is 8. The van der Waals surface area contributed by atoms with Crippen LogP contribution in [0.5, 0.6) is 0 Å². The topological polar surface area (TPSA) is 66.6 Å². The van der Waals surface area contributed by atoms with Gasteiger partial charge in [0.2, 0.25) is 0 Å². The van der Waals surface area contributed by atoms with Crippen LogP contribution in [0, 0.1) is 0 Å². The fourth-order valence-electron chi connectivity index (χ4n) is 1.83. The maximum absolute atomic E-state index is 12.5. The first-order valence-corrected chi connectivity index (χ1v) is 8.26. The number of hydrogen-bond donors (Lipinski definition) is 1. The van der Waals surface area contributed by atoms with Crippen molar-refractivity contribution >= 4 is 22.6 Å². The van der Waals surface area contributed by atoms with Crippen molar-refractivity contribution < 1.29 is 8.42 Å². The summed E-state index contributed by atoms with van der Waals surface area (Å²) in [6.07, 6.45) is 0.687. The van der Waals surface area contributed by atoms with Gasteiger partial charge in [-0.2, -0.15) is 17.0 Å². The first-order chi connectivity index (χ1) is 9.39. The molecule has 0 bridgehead atoms. The summed E-state index contributed by atoms with van der Waals surface area (Å²) in [6.45, 7) is 4.82. The second-order valence-corrected chi connectivity index (χ2v) is 7.03. The molecule has 21 heavy (non-hydrogen) atoms. The number of nitrogens with zero attached hydrogens (tertiary/aromatic N) is 2. The van der Waals surface area contributed by atoms with Crippen molar-refractivity contribution in [2.24, 2.45) is 5.73 Å². The number of nitrogens with two attached hydrogens (primary N) is 1. The quantitative estimate of drug-likeness (QED) is 0.782. The van der Waals surface area contributed by atoms with Crippen molar-refractivity contribution in [3.8, 4) is 0 Å². The zero-order valence-electron chi connectivity index (χ0n) is 12.9. The Balaban J connectivity index is 0.00000400. The normalized spacial score (nSPS) is 12.0. The van der Waals surface area contributed by atoms with Gasteiger partial charge in [0.05, 0.1) is 0 Å². The second kappa shape index (κ2) is 9.38. The average molecular weight is 336 g/mol. The molecular weight excluding hydrogens is 310 g/mol. The Morgan fingerprint density at radius 3 is 2.19 bits per heavy atom. The molecule has 5 nitrogen and oxygen atoms in total. The van der Waals surface area contributed by atoms with E-state index in [-0.39, 0.29) is 18.4 Å². The van der Waals surface area contributed by atoms with E-state index in [0.717, 1.165) is 5.56 Å². The highest BCUT2D eigenvalue weighted by Gasteiger charge is 2.27. The summed E-state index contributed by atoms with van der Waals surface area (Å²) < 4.78 is 27.8. The minimum Gasteiger partial charge on any atom is -0.329 e. The van der Waals surface area contributed by atoms with Gasteiger partial charge in [-0.25, -0.2) is 0 Å². The molecule has 2 N–H and O–H groups in total. The van der Waals surface area contributed by atoms with E-state index < -0.39 is 10.2 Å². The Bertz CT molecular complexity index is 494. The summed E-state index contributed by atoms with van der Waals surface area (Å²) in [7, 11) is -1.84. The Hall–Kier alpha value is -0.660. The molecule has 0 saturated carbocycles. The second-order valence-electron chi connectivity index (χ2n) is 5.04. The van der Waals surface area contributed by atoms with Crippen molar-refractivity contribution in [2.45, 2.75) is 26.3 Å². The van der Waals surface area contributed by atoms with Crippen LogP contribution in [0.3, 0.4) is 0 Å². The zero-order chi connectivity index (χ0) is 15.2. The molecule has 1 aromatic carbocycles. The van der Waals surface area contributed by atoms with Crippen LogP contribution in [0.1, 0.15) is 19.4 Å². The van der Waals surface area contributed by atoms with E-state index in [1.165, 1.54) is 8.61 Å². The molecule has 0 fully saturated rings. The standard InChI is InChI=1S/C14H25N3O2S.ClH/c1-13(2)16(3)20(18,19)17(12-10-15)11-9-14-7-5-4-6-8-14;/h4-8,13H,9-12,15H2,1-3H3;1H. The molecule has 0 aromatic heterocycles. The van der Waals surface area contributed by atoms with Crippen molar-refractivity contribution in [1.82, 2.24) is 8.61 Å². The molecule has 0 radical (unpaired) electrons. The molecular formula is C14H26ClN3O2S. The van der Waals surface area contributed by atoms with E-state index in [1.54, 1.807) is 7.05 Å². The monoisotopic (exact) mass is 335 g/mol. The molecule has 0 aliphatic heterocycles. The highest BCUT2D eigenvalue weighted by molar-refractivity contribution is 7.86. The minimum atomic E-state index is -3.45. The molecule has 0 unspecified atom stereocenters. The van der Waals surface area contributed by atoms with E-state index in [0.29, 0.717) is 26.1 Å². The number of hydrogen-bond acceptors (Lipinski definition) is 3. The molecule has 0 heterocycles. The zero-order valence-corrected chi connectivity index (χ0v) is 14.5. The van der Waals surface area contributed by atoms with Crippen LogP contribution in [0.25, 0.3) is 0 Å². The Kier molecular flexibility index (Phi) is 9.08. The van der Waals surface area contributed by atoms with Crippen LogP contribution in [-0.2, 0) is 16.6 Å². The van der Waals surface area contributed by atoms with Crippen LogP contribution in [0.15, 0.2) is 30.3 Å². The molecule has 7 heteroatoms. The molecule has 0 atom stereocenters. The van der Waals surface area contributed by atoms with Crippen LogP contribution in [0.2, 0.25) is 0 Å². The summed E-state index contributed by atoms with van der Waals surface area (Å²) in [5.74, 6) is 0. The van der Waals surface area contributed by atoms with Gasteiger partial charge < -0.3 is 5.73 Å². The van der Waals surface area contributed by atoms with Gasteiger partial charge in [0.15, 0.2) is 0 Å². The van der Waals surface area contributed by atoms with E-state index in [2.05, 4.69) is 0 Å². The van der Waals surface area contributed by atoms with Gasteiger partial charge in [0.1, 0.15) is 0 Å². The minimum absolute atomic E-state index is 0. The fraction of sp³-hybridized carbons (Fsp3) is 0.571. The summed E-state index contributed by atoms with van der Waals surface area (Å²) in [6, 6.07) is 9.79.